The Labute approximate surface area is 104 Å². The number of pyridine rings is 1. The van der Waals surface area contributed by atoms with Crippen molar-refractivity contribution in [1.82, 2.24) is 10.3 Å². The standard InChI is InChI=1S/C14H23FN2/c1-3-5-13(17-9-4-2)7-6-12-8-10-16-11-14(12)15/h8,10-11,13,17H,3-7,9H2,1-2H3. The van der Waals surface area contributed by atoms with Gasteiger partial charge >= 0.3 is 0 Å². The van der Waals surface area contributed by atoms with Gasteiger partial charge in [-0.25, -0.2) is 4.39 Å². The first-order valence-electron chi connectivity index (χ1n) is 6.59. The summed E-state index contributed by atoms with van der Waals surface area (Å²) >= 11 is 0. The lowest BCUT2D eigenvalue weighted by molar-refractivity contribution is 0.445. The van der Waals surface area contributed by atoms with Gasteiger partial charge in [-0.3, -0.25) is 4.98 Å². The van der Waals surface area contributed by atoms with Crippen molar-refractivity contribution in [1.29, 1.82) is 0 Å². The van der Waals surface area contributed by atoms with Gasteiger partial charge in [0.2, 0.25) is 0 Å². The zero-order valence-corrected chi connectivity index (χ0v) is 10.9. The fourth-order valence-corrected chi connectivity index (χ4v) is 1.98. The molecule has 0 saturated heterocycles. The molecule has 0 spiro atoms. The first-order chi connectivity index (χ1) is 8.27. The topological polar surface area (TPSA) is 24.9 Å². The second kappa shape index (κ2) is 8.18. The number of nitrogens with zero attached hydrogens (tertiary/aromatic N) is 1. The molecular formula is C14H23FN2. The van der Waals surface area contributed by atoms with Crippen molar-refractivity contribution in [2.24, 2.45) is 0 Å². The van der Waals surface area contributed by atoms with Gasteiger partial charge in [-0.2, -0.15) is 0 Å². The van der Waals surface area contributed by atoms with Gasteiger partial charge in [0.25, 0.3) is 0 Å². The number of nitrogens with one attached hydrogen (secondary N) is 1. The second-order valence-corrected chi connectivity index (χ2v) is 4.45. The van der Waals surface area contributed by atoms with E-state index in [1.165, 1.54) is 12.6 Å². The minimum absolute atomic E-state index is 0.182. The summed E-state index contributed by atoms with van der Waals surface area (Å²) in [6, 6.07) is 2.28. The zero-order chi connectivity index (χ0) is 12.5. The fraction of sp³-hybridized carbons (Fsp3) is 0.643. The number of aryl methyl sites for hydroxylation is 1. The van der Waals surface area contributed by atoms with Gasteiger partial charge in [0.05, 0.1) is 6.20 Å². The van der Waals surface area contributed by atoms with Crippen molar-refractivity contribution in [3.63, 3.8) is 0 Å². The molecule has 3 heteroatoms. The Kier molecular flexibility index (Phi) is 6.78. The molecule has 17 heavy (non-hydrogen) atoms. The predicted molar refractivity (Wildman–Crippen MR) is 69.5 cm³/mol. The molecule has 2 nitrogen and oxygen atoms in total. The van der Waals surface area contributed by atoms with E-state index in [0.717, 1.165) is 37.8 Å². The van der Waals surface area contributed by atoms with Crippen LogP contribution in [-0.2, 0) is 6.42 Å². The molecule has 0 radical (unpaired) electrons. The summed E-state index contributed by atoms with van der Waals surface area (Å²) < 4.78 is 13.4. The van der Waals surface area contributed by atoms with Crippen LogP contribution in [0.1, 0.15) is 45.1 Å². The van der Waals surface area contributed by atoms with E-state index in [-0.39, 0.29) is 5.82 Å². The van der Waals surface area contributed by atoms with Crippen LogP contribution in [0.2, 0.25) is 0 Å². The lowest BCUT2D eigenvalue weighted by Crippen LogP contribution is -2.30. The molecule has 0 aromatic carbocycles. The van der Waals surface area contributed by atoms with Crippen molar-refractivity contribution in [3.8, 4) is 0 Å². The number of aromatic nitrogens is 1. The molecule has 1 N–H and O–H groups in total. The van der Waals surface area contributed by atoms with Gasteiger partial charge in [-0.1, -0.05) is 20.3 Å². The van der Waals surface area contributed by atoms with Crippen LogP contribution in [-0.4, -0.2) is 17.6 Å². The molecule has 1 aromatic heterocycles. The summed E-state index contributed by atoms with van der Waals surface area (Å²) in [6.07, 6.45) is 8.21. The maximum absolute atomic E-state index is 13.4. The first kappa shape index (κ1) is 14.1. The number of halogens is 1. The molecule has 0 fully saturated rings. The third-order valence-electron chi connectivity index (χ3n) is 2.94. The Morgan fingerprint density at radius 3 is 2.76 bits per heavy atom. The fourth-order valence-electron chi connectivity index (χ4n) is 1.98. The van der Waals surface area contributed by atoms with Crippen LogP contribution in [0, 0.1) is 5.82 Å². The SMILES string of the molecule is CCCNC(CCC)CCc1ccncc1F. The van der Waals surface area contributed by atoms with Crippen LogP contribution in [0.5, 0.6) is 0 Å². The molecular weight excluding hydrogens is 215 g/mol. The van der Waals surface area contributed by atoms with Gasteiger partial charge in [0, 0.05) is 12.2 Å². The third-order valence-corrected chi connectivity index (χ3v) is 2.94. The van der Waals surface area contributed by atoms with E-state index in [0.29, 0.717) is 6.04 Å². The molecule has 96 valence electrons. The quantitative estimate of drug-likeness (QED) is 0.751. The smallest absolute Gasteiger partial charge is 0.144 e. The van der Waals surface area contributed by atoms with E-state index in [1.54, 1.807) is 12.3 Å². The molecule has 0 amide bonds. The van der Waals surface area contributed by atoms with Crippen LogP contribution >= 0.6 is 0 Å². The summed E-state index contributed by atoms with van der Waals surface area (Å²) in [5.41, 5.74) is 0.777. The highest BCUT2D eigenvalue weighted by atomic mass is 19.1. The van der Waals surface area contributed by atoms with Crippen molar-refractivity contribution >= 4 is 0 Å². The van der Waals surface area contributed by atoms with Gasteiger partial charge in [-0.05, 0) is 43.9 Å². The van der Waals surface area contributed by atoms with Crippen molar-refractivity contribution in [2.75, 3.05) is 6.54 Å². The average molecular weight is 238 g/mol. The van der Waals surface area contributed by atoms with E-state index < -0.39 is 0 Å². The molecule has 1 atom stereocenters. The average Bonchev–Trinajstić information content (AvgIpc) is 2.34. The molecule has 1 aromatic rings. The first-order valence-corrected chi connectivity index (χ1v) is 6.59. The Balaban J connectivity index is 2.42. The highest BCUT2D eigenvalue weighted by Crippen LogP contribution is 2.11. The highest BCUT2D eigenvalue weighted by molar-refractivity contribution is 5.12. The van der Waals surface area contributed by atoms with Crippen molar-refractivity contribution in [2.45, 2.75) is 52.0 Å². The summed E-state index contributed by atoms with van der Waals surface area (Å²) in [7, 11) is 0. The predicted octanol–water partition coefficient (Wildman–Crippen LogP) is 3.32. The Hall–Kier alpha value is -0.960. The van der Waals surface area contributed by atoms with Gasteiger partial charge in [0.15, 0.2) is 0 Å². The lowest BCUT2D eigenvalue weighted by Gasteiger charge is -2.17. The van der Waals surface area contributed by atoms with E-state index in [4.69, 9.17) is 0 Å². The monoisotopic (exact) mass is 238 g/mol. The van der Waals surface area contributed by atoms with Gasteiger partial charge in [0.1, 0.15) is 5.82 Å². The third kappa shape index (κ3) is 5.26. The van der Waals surface area contributed by atoms with Crippen LogP contribution in [0.25, 0.3) is 0 Å². The minimum Gasteiger partial charge on any atom is -0.314 e. The molecule has 0 aliphatic heterocycles. The maximum Gasteiger partial charge on any atom is 0.144 e. The van der Waals surface area contributed by atoms with Crippen LogP contribution in [0.3, 0.4) is 0 Å². The zero-order valence-electron chi connectivity index (χ0n) is 10.9. The highest BCUT2D eigenvalue weighted by Gasteiger charge is 2.08. The molecule has 0 aliphatic rings. The maximum atomic E-state index is 13.4. The molecule has 0 saturated carbocycles. The summed E-state index contributed by atoms with van der Waals surface area (Å²) in [5.74, 6) is -0.182. The van der Waals surface area contributed by atoms with Gasteiger partial charge < -0.3 is 5.32 Å². The molecule has 1 unspecified atom stereocenters. The van der Waals surface area contributed by atoms with E-state index in [9.17, 15) is 4.39 Å². The van der Waals surface area contributed by atoms with Crippen LogP contribution < -0.4 is 5.32 Å². The molecule has 0 bridgehead atoms. The molecule has 0 aliphatic carbocycles. The Morgan fingerprint density at radius 1 is 1.29 bits per heavy atom. The van der Waals surface area contributed by atoms with Crippen molar-refractivity contribution < 1.29 is 4.39 Å². The second-order valence-electron chi connectivity index (χ2n) is 4.45. The van der Waals surface area contributed by atoms with E-state index >= 15 is 0 Å². The lowest BCUT2D eigenvalue weighted by atomic mass is 10.0. The summed E-state index contributed by atoms with van der Waals surface area (Å²) in [5, 5.41) is 3.52. The number of rotatable bonds is 8. The Bertz CT molecular complexity index is 315. The van der Waals surface area contributed by atoms with E-state index in [1.807, 2.05) is 0 Å². The van der Waals surface area contributed by atoms with Crippen molar-refractivity contribution in [3.05, 3.63) is 29.8 Å². The minimum atomic E-state index is -0.182. The van der Waals surface area contributed by atoms with Crippen LogP contribution in [0.15, 0.2) is 18.5 Å². The summed E-state index contributed by atoms with van der Waals surface area (Å²) in [6.45, 7) is 5.40. The largest absolute Gasteiger partial charge is 0.314 e. The van der Waals surface area contributed by atoms with Crippen LogP contribution in [0.4, 0.5) is 4.39 Å². The molecule has 1 rings (SSSR count). The van der Waals surface area contributed by atoms with Gasteiger partial charge in [-0.15, -0.1) is 0 Å². The Morgan fingerprint density at radius 2 is 2.12 bits per heavy atom. The number of hydrogen-bond donors (Lipinski definition) is 1. The summed E-state index contributed by atoms with van der Waals surface area (Å²) in [4.78, 5) is 3.77. The van der Waals surface area contributed by atoms with E-state index in [2.05, 4.69) is 24.1 Å². The molecule has 1 heterocycles. The number of hydrogen-bond acceptors (Lipinski definition) is 2. The normalized spacial score (nSPS) is 12.6.